The summed E-state index contributed by atoms with van der Waals surface area (Å²) in [6.45, 7) is 4.11. The largest absolute Gasteiger partial charge is 0.376 e. The first-order chi connectivity index (χ1) is 10.3. The van der Waals surface area contributed by atoms with Gasteiger partial charge < -0.3 is 5.32 Å². The molecule has 1 N–H and O–H groups in total. The number of para-hydroxylation sites is 1. The van der Waals surface area contributed by atoms with Crippen molar-refractivity contribution < 1.29 is 0 Å². The minimum Gasteiger partial charge on any atom is -0.376 e. The zero-order valence-corrected chi connectivity index (χ0v) is 12.9. The van der Waals surface area contributed by atoms with Crippen LogP contribution in [0.2, 0.25) is 0 Å². The number of anilines is 1. The molecule has 1 unspecified atom stereocenters. The molecule has 106 valence electrons. The Morgan fingerprint density at radius 1 is 1.05 bits per heavy atom. The average Bonchev–Trinajstić information content (AvgIpc) is 3.02. The molecule has 0 amide bonds. The van der Waals surface area contributed by atoms with Crippen molar-refractivity contribution in [2.24, 2.45) is 0 Å². The van der Waals surface area contributed by atoms with Crippen LogP contribution in [0.25, 0.3) is 10.4 Å². The minimum atomic E-state index is 0.111. The van der Waals surface area contributed by atoms with E-state index in [1.807, 2.05) is 6.92 Å². The Bertz CT molecular complexity index is 722. The first-order valence-electron chi connectivity index (χ1n) is 6.92. The van der Waals surface area contributed by atoms with E-state index in [4.69, 9.17) is 0 Å². The van der Waals surface area contributed by atoms with Gasteiger partial charge in [-0.15, -0.1) is 11.3 Å². The predicted molar refractivity (Wildman–Crippen MR) is 88.6 cm³/mol. The summed E-state index contributed by atoms with van der Waals surface area (Å²) in [7, 11) is 0. The fourth-order valence-electron chi connectivity index (χ4n) is 2.40. The molecule has 0 aliphatic heterocycles. The van der Waals surface area contributed by atoms with Crippen molar-refractivity contribution in [1.82, 2.24) is 9.97 Å². The van der Waals surface area contributed by atoms with Crippen LogP contribution in [-0.4, -0.2) is 9.97 Å². The number of nitrogens with zero attached hydrogens (tertiary/aromatic N) is 2. The van der Waals surface area contributed by atoms with Crippen molar-refractivity contribution in [2.45, 2.75) is 19.9 Å². The Balaban J connectivity index is 1.91. The average molecular weight is 295 g/mol. The topological polar surface area (TPSA) is 37.8 Å². The van der Waals surface area contributed by atoms with Crippen LogP contribution in [0.1, 0.15) is 24.4 Å². The summed E-state index contributed by atoms with van der Waals surface area (Å²) < 4.78 is 0. The van der Waals surface area contributed by atoms with Gasteiger partial charge in [0.2, 0.25) is 0 Å². The van der Waals surface area contributed by atoms with Crippen molar-refractivity contribution in [3.05, 3.63) is 65.6 Å². The van der Waals surface area contributed by atoms with E-state index < -0.39 is 0 Å². The van der Waals surface area contributed by atoms with Crippen molar-refractivity contribution in [2.75, 3.05) is 5.32 Å². The maximum atomic E-state index is 4.44. The lowest BCUT2D eigenvalue weighted by atomic mass is 10.1. The van der Waals surface area contributed by atoms with Gasteiger partial charge in [0.05, 0.1) is 17.4 Å². The molecule has 0 spiro atoms. The summed E-state index contributed by atoms with van der Waals surface area (Å²) in [6.07, 6.45) is 3.47. The molecule has 0 saturated carbocycles. The molecule has 0 aliphatic rings. The summed E-state index contributed by atoms with van der Waals surface area (Å²) in [4.78, 5) is 10.0. The summed E-state index contributed by atoms with van der Waals surface area (Å²) in [5.41, 5.74) is 4.29. The lowest BCUT2D eigenvalue weighted by Gasteiger charge is -2.18. The Morgan fingerprint density at radius 2 is 1.86 bits per heavy atom. The minimum absolute atomic E-state index is 0.111. The number of aromatic nitrogens is 2. The van der Waals surface area contributed by atoms with Crippen LogP contribution in [0.4, 0.5) is 5.69 Å². The molecule has 3 aromatic rings. The van der Waals surface area contributed by atoms with E-state index in [0.717, 1.165) is 17.1 Å². The quantitative estimate of drug-likeness (QED) is 0.759. The van der Waals surface area contributed by atoms with Gasteiger partial charge in [-0.05, 0) is 31.4 Å². The first kappa shape index (κ1) is 13.8. The van der Waals surface area contributed by atoms with Crippen LogP contribution >= 0.6 is 11.3 Å². The molecule has 0 saturated heterocycles. The Hall–Kier alpha value is -2.20. The Labute approximate surface area is 128 Å². The van der Waals surface area contributed by atoms with E-state index in [-0.39, 0.29) is 6.04 Å². The Kier molecular flexibility index (Phi) is 3.97. The van der Waals surface area contributed by atoms with Gasteiger partial charge >= 0.3 is 0 Å². The molecular formula is C17H17N3S. The third-order valence-corrected chi connectivity index (χ3v) is 4.32. The molecule has 4 heteroatoms. The summed E-state index contributed by atoms with van der Waals surface area (Å²) in [5.74, 6) is 0. The summed E-state index contributed by atoms with van der Waals surface area (Å²) in [6, 6.07) is 12.7. The molecule has 2 aromatic heterocycles. The highest BCUT2D eigenvalue weighted by Gasteiger charge is 2.13. The summed E-state index contributed by atoms with van der Waals surface area (Å²) in [5, 5.41) is 5.66. The van der Waals surface area contributed by atoms with E-state index in [9.17, 15) is 0 Å². The highest BCUT2D eigenvalue weighted by atomic mass is 32.1. The molecule has 0 aliphatic carbocycles. The molecule has 0 bridgehead atoms. The maximum absolute atomic E-state index is 4.44. The number of nitrogens with one attached hydrogen (secondary N) is 1. The van der Waals surface area contributed by atoms with E-state index in [2.05, 4.69) is 64.0 Å². The number of hydrogen-bond donors (Lipinski definition) is 1. The lowest BCUT2D eigenvalue weighted by Crippen LogP contribution is -2.11. The molecule has 1 aromatic carbocycles. The van der Waals surface area contributed by atoms with E-state index in [1.54, 1.807) is 23.7 Å². The standard InChI is InChI=1S/C17H17N3S/c1-12-17(19-10-9-18-12)13(2)20-15-7-4-3-6-14(15)16-8-5-11-21-16/h3-11,13,20H,1-2H3. The zero-order valence-electron chi connectivity index (χ0n) is 12.1. The first-order valence-corrected chi connectivity index (χ1v) is 7.80. The molecular weight excluding hydrogens is 278 g/mol. The highest BCUT2D eigenvalue weighted by Crippen LogP contribution is 2.33. The fraction of sp³-hybridized carbons (Fsp3) is 0.176. The van der Waals surface area contributed by atoms with Crippen LogP contribution in [0.15, 0.2) is 54.2 Å². The van der Waals surface area contributed by atoms with E-state index >= 15 is 0 Å². The van der Waals surface area contributed by atoms with Crippen LogP contribution < -0.4 is 5.32 Å². The second-order valence-corrected chi connectivity index (χ2v) is 5.86. The highest BCUT2D eigenvalue weighted by molar-refractivity contribution is 7.13. The molecule has 3 nitrogen and oxygen atoms in total. The van der Waals surface area contributed by atoms with Gasteiger partial charge in [0.25, 0.3) is 0 Å². The molecule has 3 rings (SSSR count). The lowest BCUT2D eigenvalue weighted by molar-refractivity contribution is 0.810. The third kappa shape index (κ3) is 2.95. The number of benzene rings is 1. The van der Waals surface area contributed by atoms with Crippen molar-refractivity contribution in [3.8, 4) is 10.4 Å². The van der Waals surface area contributed by atoms with Crippen LogP contribution in [0.3, 0.4) is 0 Å². The molecule has 0 fully saturated rings. The van der Waals surface area contributed by atoms with E-state index in [0.29, 0.717) is 0 Å². The second-order valence-electron chi connectivity index (χ2n) is 4.92. The van der Waals surface area contributed by atoms with Gasteiger partial charge in [-0.1, -0.05) is 24.3 Å². The van der Waals surface area contributed by atoms with Crippen molar-refractivity contribution in [1.29, 1.82) is 0 Å². The monoisotopic (exact) mass is 295 g/mol. The SMILES string of the molecule is Cc1nccnc1C(C)Nc1ccccc1-c1cccs1. The number of aryl methyl sites for hydroxylation is 1. The molecule has 0 radical (unpaired) electrons. The normalized spacial score (nSPS) is 12.1. The van der Waals surface area contributed by atoms with E-state index in [1.165, 1.54) is 10.4 Å². The maximum Gasteiger partial charge on any atom is 0.0835 e. The molecule has 1 atom stereocenters. The zero-order chi connectivity index (χ0) is 14.7. The fourth-order valence-corrected chi connectivity index (χ4v) is 3.17. The van der Waals surface area contributed by atoms with Gasteiger partial charge in [-0.3, -0.25) is 9.97 Å². The number of rotatable bonds is 4. The Morgan fingerprint density at radius 3 is 2.62 bits per heavy atom. The third-order valence-electron chi connectivity index (χ3n) is 3.42. The number of thiophene rings is 1. The van der Waals surface area contributed by atoms with Gasteiger partial charge in [0.15, 0.2) is 0 Å². The van der Waals surface area contributed by atoms with Crippen LogP contribution in [0, 0.1) is 6.92 Å². The van der Waals surface area contributed by atoms with Gasteiger partial charge in [0.1, 0.15) is 0 Å². The van der Waals surface area contributed by atoms with Crippen LogP contribution in [0.5, 0.6) is 0 Å². The van der Waals surface area contributed by atoms with Gasteiger partial charge in [0, 0.05) is 28.5 Å². The van der Waals surface area contributed by atoms with Crippen molar-refractivity contribution >= 4 is 17.0 Å². The van der Waals surface area contributed by atoms with Gasteiger partial charge in [-0.2, -0.15) is 0 Å². The molecule has 2 heterocycles. The second kappa shape index (κ2) is 6.06. The van der Waals surface area contributed by atoms with Gasteiger partial charge in [-0.25, -0.2) is 0 Å². The molecule has 21 heavy (non-hydrogen) atoms. The smallest absolute Gasteiger partial charge is 0.0835 e. The number of hydrogen-bond acceptors (Lipinski definition) is 4. The predicted octanol–water partition coefficient (Wildman–Crippen LogP) is 4.69. The van der Waals surface area contributed by atoms with Crippen LogP contribution in [-0.2, 0) is 0 Å². The van der Waals surface area contributed by atoms with Crippen molar-refractivity contribution in [3.63, 3.8) is 0 Å². The summed E-state index contributed by atoms with van der Waals surface area (Å²) >= 11 is 1.75.